The molecule has 0 spiro atoms. The van der Waals surface area contributed by atoms with Crippen LogP contribution in [0.5, 0.6) is 0 Å². The fraction of sp³-hybridized carbons (Fsp3) is 0. The average molecular weight is 678 g/mol. The summed E-state index contributed by atoms with van der Waals surface area (Å²) in [7, 11) is 0. The van der Waals surface area contributed by atoms with E-state index in [0.717, 1.165) is 0 Å². The molecule has 0 aromatic rings. The van der Waals surface area contributed by atoms with Crippen molar-refractivity contribution < 1.29 is 164 Å². The molecule has 0 bridgehead atoms. The van der Waals surface area contributed by atoms with E-state index in [1.165, 1.54) is 0 Å². The summed E-state index contributed by atoms with van der Waals surface area (Å²) in [4.78, 5) is 0. The van der Waals surface area contributed by atoms with Crippen LogP contribution in [0.25, 0.3) is 0 Å². The second kappa shape index (κ2) is 13.7. The van der Waals surface area contributed by atoms with Crippen molar-refractivity contribution >= 4 is 0 Å². The van der Waals surface area contributed by atoms with Crippen LogP contribution in [0, 0.1) is 75.5 Å². The normalized spacial score (nSPS) is 10.2. The van der Waals surface area contributed by atoms with E-state index in [-0.39, 0.29) is 75.5 Å². The van der Waals surface area contributed by atoms with Crippen molar-refractivity contribution in [2.45, 2.75) is 0 Å². The van der Waals surface area contributed by atoms with Crippen molar-refractivity contribution in [2.75, 3.05) is 0 Å². The van der Waals surface area contributed by atoms with E-state index in [1.54, 1.807) is 0 Å². The molecule has 0 atom stereocenters. The van der Waals surface area contributed by atoms with E-state index in [9.17, 15) is 0 Å². The van der Waals surface area contributed by atoms with Crippen molar-refractivity contribution in [3.8, 4) is 0 Å². The molecule has 0 saturated heterocycles. The van der Waals surface area contributed by atoms with Crippen LogP contribution in [0.15, 0.2) is 0 Å². The summed E-state index contributed by atoms with van der Waals surface area (Å²) >= 11 is -17.2. The van der Waals surface area contributed by atoms with Crippen molar-refractivity contribution in [2.24, 2.45) is 0 Å². The minimum atomic E-state index is -5.75. The molecule has 112 valence electrons. The summed E-state index contributed by atoms with van der Waals surface area (Å²) in [5.74, 6) is 0. The van der Waals surface area contributed by atoms with Gasteiger partial charge in [-0.05, 0) is 0 Å². The Morgan fingerprint density at radius 3 is 0.412 bits per heavy atom. The number of rotatable bonds is 0. The summed E-state index contributed by atoms with van der Waals surface area (Å²) < 4.78 is 103. The fourth-order valence-electron chi connectivity index (χ4n) is 0. The van der Waals surface area contributed by atoms with Gasteiger partial charge in [-0.25, -0.2) is 0 Å². The van der Waals surface area contributed by atoms with E-state index in [2.05, 4.69) is 0 Å². The Kier molecular flexibility index (Phi) is 25.6. The second-order valence-corrected chi connectivity index (χ2v) is 5.05. The predicted octanol–water partition coefficient (Wildman–Crippen LogP) is -7.85. The molecule has 17 heavy (non-hydrogen) atoms. The first-order valence-corrected chi connectivity index (χ1v) is 8.25. The average Bonchev–Trinajstić information content (AvgIpc) is 1.41. The summed E-state index contributed by atoms with van der Waals surface area (Å²) in [5, 5.41) is 0. The maximum absolute atomic E-state index is 8.59. The molecule has 0 aliphatic carbocycles. The minimum absolute atomic E-state index is 0. The van der Waals surface area contributed by atoms with Crippen LogP contribution >= 0.6 is 0 Å². The van der Waals surface area contributed by atoms with Gasteiger partial charge in [0.25, 0.3) is 0 Å². The fourth-order valence-corrected chi connectivity index (χ4v) is 0. The molecular formula is Cr3Ho2O12. The zero-order valence-corrected chi connectivity index (χ0v) is 14.4. The van der Waals surface area contributed by atoms with Crippen LogP contribution in [-0.2, 0) is 63.7 Å². The van der Waals surface area contributed by atoms with Crippen LogP contribution in [0.1, 0.15) is 0 Å². The third-order valence-electron chi connectivity index (χ3n) is 0. The SMILES string of the molecule is [Ho+3].[Ho+3].[O]=[Cr](=[O])([O-])[O-].[O]=[Cr](=[O])([O-])[O-].[O]=[Cr](=[O])([O-])[O-]. The van der Waals surface area contributed by atoms with Gasteiger partial charge >= 0.3 is 164 Å². The van der Waals surface area contributed by atoms with Gasteiger partial charge < -0.3 is 0 Å². The topological polar surface area (TPSA) is 241 Å². The Morgan fingerprint density at radius 1 is 0.412 bits per heavy atom. The van der Waals surface area contributed by atoms with E-state index in [0.29, 0.717) is 0 Å². The zero-order valence-electron chi connectivity index (χ0n) is 6.73. The van der Waals surface area contributed by atoms with Crippen LogP contribution in [-0.4, -0.2) is 0 Å². The molecule has 0 aromatic carbocycles. The number of hydrogen-bond donors (Lipinski definition) is 0. The molecule has 12 nitrogen and oxygen atoms in total. The Hall–Kier alpha value is 2.68. The van der Waals surface area contributed by atoms with Gasteiger partial charge in [-0.2, -0.15) is 0 Å². The molecule has 17 heteroatoms. The molecule has 0 heterocycles. The molecule has 0 aliphatic heterocycles. The van der Waals surface area contributed by atoms with Crippen molar-refractivity contribution in [1.82, 2.24) is 0 Å². The van der Waals surface area contributed by atoms with Crippen LogP contribution in [0.2, 0.25) is 0 Å². The van der Waals surface area contributed by atoms with Gasteiger partial charge in [0, 0.05) is 0 Å². The Labute approximate surface area is 161 Å². The first-order valence-electron chi connectivity index (χ1n) is 2.00. The van der Waals surface area contributed by atoms with Gasteiger partial charge in [0.1, 0.15) is 0 Å². The van der Waals surface area contributed by atoms with Gasteiger partial charge in [-0.1, -0.05) is 0 Å². The molecule has 0 amide bonds. The third-order valence-corrected chi connectivity index (χ3v) is 0. The summed E-state index contributed by atoms with van der Waals surface area (Å²) in [6.07, 6.45) is 0. The van der Waals surface area contributed by atoms with Gasteiger partial charge in [-0.15, -0.1) is 0 Å². The first-order chi connectivity index (χ1) is 6.00. The second-order valence-electron chi connectivity index (χ2n) is 1.22. The molecule has 0 aromatic heterocycles. The molecule has 0 N–H and O–H groups in total. The van der Waals surface area contributed by atoms with E-state index in [1.807, 2.05) is 0 Å². The summed E-state index contributed by atoms with van der Waals surface area (Å²) in [5.41, 5.74) is 0. The molecule has 0 aliphatic rings. The summed E-state index contributed by atoms with van der Waals surface area (Å²) in [6, 6.07) is 0. The Morgan fingerprint density at radius 2 is 0.412 bits per heavy atom. The van der Waals surface area contributed by atoms with Gasteiger partial charge in [0.05, 0.1) is 0 Å². The summed E-state index contributed by atoms with van der Waals surface area (Å²) in [6.45, 7) is 0. The van der Waals surface area contributed by atoms with E-state index >= 15 is 0 Å². The van der Waals surface area contributed by atoms with Crippen LogP contribution in [0.3, 0.4) is 0 Å². The van der Waals surface area contributed by atoms with Gasteiger partial charge in [0.2, 0.25) is 0 Å². The van der Waals surface area contributed by atoms with Gasteiger partial charge in [0.15, 0.2) is 0 Å². The zero-order chi connectivity index (χ0) is 13.5. The predicted molar refractivity (Wildman–Crippen MR) is 4.12 cm³/mol. The Bertz CT molecular complexity index is 341. The quantitative estimate of drug-likeness (QED) is 0.217. The van der Waals surface area contributed by atoms with E-state index in [4.69, 9.17) is 47.8 Å². The van der Waals surface area contributed by atoms with Gasteiger partial charge in [-0.3, -0.25) is 0 Å². The first kappa shape index (κ1) is 31.9. The molecule has 0 saturated carbocycles. The Balaban J connectivity index is -0.0000000400. The molecule has 0 unspecified atom stereocenters. The van der Waals surface area contributed by atoms with Crippen LogP contribution in [0.4, 0.5) is 0 Å². The molecule has 0 radical (unpaired) electrons. The molecule has 0 fully saturated rings. The van der Waals surface area contributed by atoms with Crippen molar-refractivity contribution in [3.63, 3.8) is 0 Å². The molecular weight excluding hydrogens is 678 g/mol. The monoisotopic (exact) mass is 678 g/mol. The standard InChI is InChI=1S/3Cr.2Ho.12O/q;;;2*+3;;;;;;;6*-1. The number of hydrogen-bond acceptors (Lipinski definition) is 12. The van der Waals surface area contributed by atoms with Crippen molar-refractivity contribution in [1.29, 1.82) is 0 Å². The third kappa shape index (κ3) is 725. The molecule has 0 rings (SSSR count). The van der Waals surface area contributed by atoms with Crippen molar-refractivity contribution in [3.05, 3.63) is 0 Å². The maximum atomic E-state index is 8.59. The van der Waals surface area contributed by atoms with E-state index < -0.39 is 40.8 Å². The van der Waals surface area contributed by atoms with Crippen LogP contribution < -0.4 is 24.9 Å².